The van der Waals surface area contributed by atoms with Crippen LogP contribution >= 0.6 is 0 Å². The molecule has 1 heterocycles. The van der Waals surface area contributed by atoms with Crippen LogP contribution in [0.3, 0.4) is 0 Å². The second kappa shape index (κ2) is 6.52. The van der Waals surface area contributed by atoms with E-state index in [1.807, 2.05) is 48.5 Å². The number of para-hydroxylation sites is 1. The molecular weight excluding hydrogens is 278 g/mol. The molecule has 22 heavy (non-hydrogen) atoms. The Morgan fingerprint density at radius 3 is 2.77 bits per heavy atom. The van der Waals surface area contributed by atoms with Crippen molar-refractivity contribution in [2.75, 3.05) is 13.7 Å². The lowest BCUT2D eigenvalue weighted by molar-refractivity contribution is -0.126. The lowest BCUT2D eigenvalue weighted by Gasteiger charge is -2.24. The Hall–Kier alpha value is -2.49. The van der Waals surface area contributed by atoms with E-state index in [2.05, 4.69) is 5.32 Å². The highest BCUT2D eigenvalue weighted by molar-refractivity contribution is 5.79. The van der Waals surface area contributed by atoms with Crippen LogP contribution in [0.4, 0.5) is 0 Å². The molecule has 1 amide bonds. The van der Waals surface area contributed by atoms with Gasteiger partial charge in [-0.25, -0.2) is 0 Å². The monoisotopic (exact) mass is 297 g/mol. The molecule has 0 saturated carbocycles. The van der Waals surface area contributed by atoms with Crippen molar-refractivity contribution < 1.29 is 14.3 Å². The van der Waals surface area contributed by atoms with Crippen LogP contribution in [-0.4, -0.2) is 19.6 Å². The number of benzene rings is 2. The van der Waals surface area contributed by atoms with Crippen LogP contribution in [0.1, 0.15) is 11.1 Å². The summed E-state index contributed by atoms with van der Waals surface area (Å²) in [6, 6.07) is 15.6. The first-order valence-electron chi connectivity index (χ1n) is 7.37. The summed E-state index contributed by atoms with van der Waals surface area (Å²) in [7, 11) is 1.64. The van der Waals surface area contributed by atoms with Crippen molar-refractivity contribution in [3.63, 3.8) is 0 Å². The number of methoxy groups -OCH3 is 1. The van der Waals surface area contributed by atoms with Gasteiger partial charge in [0.15, 0.2) is 0 Å². The zero-order valence-corrected chi connectivity index (χ0v) is 12.5. The van der Waals surface area contributed by atoms with Gasteiger partial charge in [0.05, 0.1) is 13.0 Å². The number of fused-ring (bicyclic) bond motifs is 1. The van der Waals surface area contributed by atoms with Crippen molar-refractivity contribution in [1.82, 2.24) is 5.32 Å². The Bertz CT molecular complexity index is 652. The molecule has 1 aliphatic heterocycles. The number of rotatable bonds is 4. The number of hydrogen-bond donors (Lipinski definition) is 1. The molecule has 4 nitrogen and oxygen atoms in total. The number of nitrogens with one attached hydrogen (secondary N) is 1. The summed E-state index contributed by atoms with van der Waals surface area (Å²) in [4.78, 5) is 12.3. The zero-order valence-electron chi connectivity index (χ0n) is 12.5. The fraction of sp³-hybridized carbons (Fsp3) is 0.278. The zero-order chi connectivity index (χ0) is 15.4. The summed E-state index contributed by atoms with van der Waals surface area (Å²) in [6.07, 6.45) is 0.727. The average molecular weight is 297 g/mol. The smallest absolute Gasteiger partial charge is 0.227 e. The van der Waals surface area contributed by atoms with Gasteiger partial charge >= 0.3 is 0 Å². The average Bonchev–Trinajstić information content (AvgIpc) is 2.59. The molecule has 0 saturated heterocycles. The molecule has 1 N–H and O–H groups in total. The normalized spacial score (nSPS) is 16.3. The third kappa shape index (κ3) is 3.22. The standard InChI is InChI=1S/C18H19NO3/c1-21-16-8-6-13(7-9-16)11-19-18(20)15-10-14-4-2-3-5-17(14)22-12-15/h2-9,15H,10-12H2,1H3,(H,19,20). The van der Waals surface area contributed by atoms with E-state index in [4.69, 9.17) is 9.47 Å². The van der Waals surface area contributed by atoms with Crippen molar-refractivity contribution in [2.24, 2.45) is 5.92 Å². The summed E-state index contributed by atoms with van der Waals surface area (Å²) in [5, 5.41) is 2.98. The number of amides is 1. The third-order valence-electron chi connectivity index (χ3n) is 3.88. The summed E-state index contributed by atoms with van der Waals surface area (Å²) >= 11 is 0. The van der Waals surface area contributed by atoms with Gasteiger partial charge in [-0.3, -0.25) is 4.79 Å². The van der Waals surface area contributed by atoms with E-state index in [1.165, 1.54) is 0 Å². The van der Waals surface area contributed by atoms with Gasteiger partial charge in [-0.15, -0.1) is 0 Å². The van der Waals surface area contributed by atoms with E-state index >= 15 is 0 Å². The molecule has 2 aromatic carbocycles. The van der Waals surface area contributed by atoms with Gasteiger partial charge in [0.25, 0.3) is 0 Å². The highest BCUT2D eigenvalue weighted by atomic mass is 16.5. The van der Waals surface area contributed by atoms with Crippen LogP contribution in [0.5, 0.6) is 11.5 Å². The number of hydrogen-bond acceptors (Lipinski definition) is 3. The van der Waals surface area contributed by atoms with Crippen molar-refractivity contribution in [2.45, 2.75) is 13.0 Å². The molecule has 1 unspecified atom stereocenters. The minimum absolute atomic E-state index is 0.0327. The van der Waals surface area contributed by atoms with Gasteiger partial charge in [-0.1, -0.05) is 30.3 Å². The highest BCUT2D eigenvalue weighted by Gasteiger charge is 2.25. The molecule has 0 aromatic heterocycles. The minimum atomic E-state index is -0.131. The molecule has 0 aliphatic carbocycles. The second-order valence-corrected chi connectivity index (χ2v) is 5.39. The molecule has 0 fully saturated rings. The van der Waals surface area contributed by atoms with Crippen LogP contribution < -0.4 is 14.8 Å². The van der Waals surface area contributed by atoms with Crippen molar-refractivity contribution in [3.8, 4) is 11.5 Å². The van der Waals surface area contributed by atoms with Gasteiger partial charge in [0.1, 0.15) is 18.1 Å². The Morgan fingerprint density at radius 1 is 1.23 bits per heavy atom. The van der Waals surface area contributed by atoms with Crippen molar-refractivity contribution >= 4 is 5.91 Å². The summed E-state index contributed by atoms with van der Waals surface area (Å²) in [5.41, 5.74) is 2.14. The molecule has 114 valence electrons. The fourth-order valence-electron chi connectivity index (χ4n) is 2.57. The van der Waals surface area contributed by atoms with Crippen LogP contribution in [0, 0.1) is 5.92 Å². The van der Waals surface area contributed by atoms with Crippen LogP contribution in [0.15, 0.2) is 48.5 Å². The Kier molecular flexibility index (Phi) is 4.28. The lowest BCUT2D eigenvalue weighted by Crippen LogP contribution is -2.37. The van der Waals surface area contributed by atoms with Gasteiger partial charge < -0.3 is 14.8 Å². The Labute approximate surface area is 130 Å². The van der Waals surface area contributed by atoms with Gasteiger partial charge in [0.2, 0.25) is 5.91 Å². The predicted octanol–water partition coefficient (Wildman–Crippen LogP) is 2.56. The fourth-order valence-corrected chi connectivity index (χ4v) is 2.57. The first kappa shape index (κ1) is 14.4. The predicted molar refractivity (Wildman–Crippen MR) is 84.0 cm³/mol. The number of carbonyl (C=O) groups is 1. The van der Waals surface area contributed by atoms with Crippen LogP contribution in [0.2, 0.25) is 0 Å². The SMILES string of the molecule is COc1ccc(CNC(=O)C2COc3ccccc3C2)cc1. The third-order valence-corrected chi connectivity index (χ3v) is 3.88. The van der Waals surface area contributed by atoms with E-state index in [-0.39, 0.29) is 11.8 Å². The Morgan fingerprint density at radius 2 is 2.00 bits per heavy atom. The van der Waals surface area contributed by atoms with E-state index < -0.39 is 0 Å². The number of ether oxygens (including phenoxy) is 2. The molecular formula is C18H19NO3. The molecule has 0 spiro atoms. The maximum Gasteiger partial charge on any atom is 0.227 e. The van der Waals surface area contributed by atoms with Gasteiger partial charge in [0, 0.05) is 6.54 Å². The molecule has 0 bridgehead atoms. The first-order chi connectivity index (χ1) is 10.8. The van der Waals surface area contributed by atoms with E-state index in [1.54, 1.807) is 7.11 Å². The minimum Gasteiger partial charge on any atom is -0.497 e. The quantitative estimate of drug-likeness (QED) is 0.943. The van der Waals surface area contributed by atoms with Crippen LogP contribution in [-0.2, 0) is 17.8 Å². The maximum absolute atomic E-state index is 12.3. The van der Waals surface area contributed by atoms with Gasteiger partial charge in [-0.2, -0.15) is 0 Å². The largest absolute Gasteiger partial charge is 0.497 e. The maximum atomic E-state index is 12.3. The summed E-state index contributed by atoms with van der Waals surface area (Å²) in [5.74, 6) is 1.60. The van der Waals surface area contributed by atoms with E-state index in [0.717, 1.165) is 29.0 Å². The molecule has 3 rings (SSSR count). The van der Waals surface area contributed by atoms with Gasteiger partial charge in [-0.05, 0) is 35.7 Å². The molecule has 4 heteroatoms. The number of carbonyl (C=O) groups excluding carboxylic acids is 1. The van der Waals surface area contributed by atoms with E-state index in [0.29, 0.717) is 13.2 Å². The van der Waals surface area contributed by atoms with Crippen molar-refractivity contribution in [3.05, 3.63) is 59.7 Å². The molecule has 1 atom stereocenters. The first-order valence-corrected chi connectivity index (χ1v) is 7.37. The molecule has 1 aliphatic rings. The Balaban J connectivity index is 1.56. The second-order valence-electron chi connectivity index (χ2n) is 5.39. The lowest BCUT2D eigenvalue weighted by atomic mass is 9.96. The van der Waals surface area contributed by atoms with Crippen LogP contribution in [0.25, 0.3) is 0 Å². The highest BCUT2D eigenvalue weighted by Crippen LogP contribution is 2.26. The van der Waals surface area contributed by atoms with E-state index in [9.17, 15) is 4.79 Å². The van der Waals surface area contributed by atoms with Crippen molar-refractivity contribution in [1.29, 1.82) is 0 Å². The topological polar surface area (TPSA) is 47.6 Å². The molecule has 2 aromatic rings. The molecule has 0 radical (unpaired) electrons. The summed E-state index contributed by atoms with van der Waals surface area (Å²) < 4.78 is 10.8. The summed E-state index contributed by atoms with van der Waals surface area (Å²) in [6.45, 7) is 0.951.